The number of nitriles is 1. The Bertz CT molecular complexity index is 1070. The first-order valence-electron chi connectivity index (χ1n) is 9.83. The van der Waals surface area contributed by atoms with Gasteiger partial charge in [-0.25, -0.2) is 13.2 Å². The smallest absolute Gasteiger partial charge is 0.272 e. The Hall–Kier alpha value is -3.79. The number of piperidine rings is 1. The van der Waals surface area contributed by atoms with Gasteiger partial charge in [0.2, 0.25) is 0 Å². The number of primary amides is 1. The number of hydrogen-bond acceptors (Lipinski definition) is 7. The van der Waals surface area contributed by atoms with E-state index in [2.05, 4.69) is 10.4 Å². The monoisotopic (exact) mass is 465 g/mol. The van der Waals surface area contributed by atoms with Gasteiger partial charge >= 0.3 is 0 Å². The van der Waals surface area contributed by atoms with Gasteiger partial charge in [-0.15, -0.1) is 0 Å². The zero-order valence-corrected chi connectivity index (χ0v) is 17.1. The van der Waals surface area contributed by atoms with Gasteiger partial charge in [0.25, 0.3) is 11.8 Å². The van der Waals surface area contributed by atoms with E-state index in [4.69, 9.17) is 10.8 Å². The first-order chi connectivity index (χ1) is 15.6. The summed E-state index contributed by atoms with van der Waals surface area (Å²) in [4.78, 5) is 24.1. The predicted octanol–water partition coefficient (Wildman–Crippen LogP) is 0.981. The Morgan fingerprint density at radius 3 is 2.58 bits per heavy atom. The van der Waals surface area contributed by atoms with Gasteiger partial charge in [-0.05, 0) is 30.7 Å². The molecule has 1 unspecified atom stereocenters. The molecule has 0 aliphatic carbocycles. The van der Waals surface area contributed by atoms with Crippen molar-refractivity contribution in [2.24, 2.45) is 11.7 Å². The minimum atomic E-state index is -3.63. The van der Waals surface area contributed by atoms with Crippen LogP contribution in [-0.2, 0) is 0 Å². The lowest BCUT2D eigenvalue weighted by Crippen LogP contribution is -2.57. The van der Waals surface area contributed by atoms with E-state index in [9.17, 15) is 33.1 Å². The highest BCUT2D eigenvalue weighted by atomic mass is 19.3. The molecule has 176 valence electrons. The number of aliphatic hydroxyl groups excluding tert-OH is 1. The summed E-state index contributed by atoms with van der Waals surface area (Å²) in [6.07, 6.45) is -1.57. The van der Waals surface area contributed by atoms with Crippen LogP contribution in [0.3, 0.4) is 0 Å². The molecule has 1 aliphatic rings. The molecule has 0 radical (unpaired) electrons. The van der Waals surface area contributed by atoms with Crippen LogP contribution in [0.5, 0.6) is 0 Å². The van der Waals surface area contributed by atoms with Gasteiger partial charge in [0.1, 0.15) is 24.1 Å². The maximum atomic E-state index is 13.9. The second kappa shape index (κ2) is 9.37. The number of hydrogen-bond donors (Lipinski definition) is 3. The number of likely N-dealkylation sites (tertiary alicyclic amines) is 1. The van der Waals surface area contributed by atoms with E-state index in [-0.39, 0.29) is 24.3 Å². The van der Waals surface area contributed by atoms with Gasteiger partial charge in [-0.3, -0.25) is 9.48 Å². The zero-order valence-electron chi connectivity index (χ0n) is 17.1. The standard InChI is InChI=1S/C20H21F3N6O4/c21-11-1-3-12(4-2-11)26-18-14(17(25)31)9-29(27-18)15-5-6-28(19(32)33)16(13(15)8-24)7-20(22,23)10-30/h1-4,9,13,15-16,30H,5-7,10H2,(H2,25,31)(H,26,27)(H,32,33)/p-1/t13-,15-,16?/m1/s1. The molecule has 1 aromatic heterocycles. The van der Waals surface area contributed by atoms with Gasteiger partial charge in [-0.1, -0.05) is 0 Å². The summed E-state index contributed by atoms with van der Waals surface area (Å²) in [7, 11) is 0. The number of nitrogens with two attached hydrogens (primary N) is 1. The minimum Gasteiger partial charge on any atom is -0.530 e. The van der Waals surface area contributed by atoms with Gasteiger partial charge in [0, 0.05) is 24.8 Å². The van der Waals surface area contributed by atoms with Crippen molar-refractivity contribution in [2.75, 3.05) is 18.5 Å². The molecule has 3 rings (SSSR count). The highest BCUT2D eigenvalue weighted by Crippen LogP contribution is 2.38. The lowest BCUT2D eigenvalue weighted by atomic mass is 9.83. The molecule has 13 heteroatoms. The largest absolute Gasteiger partial charge is 0.530 e. The van der Waals surface area contributed by atoms with Crippen molar-refractivity contribution in [3.8, 4) is 6.07 Å². The number of amides is 2. The van der Waals surface area contributed by atoms with Crippen LogP contribution in [-0.4, -0.2) is 56.9 Å². The van der Waals surface area contributed by atoms with Crippen LogP contribution in [0.4, 0.5) is 29.5 Å². The lowest BCUT2D eigenvalue weighted by Gasteiger charge is -2.45. The van der Waals surface area contributed by atoms with E-state index >= 15 is 0 Å². The van der Waals surface area contributed by atoms with Gasteiger partial charge < -0.3 is 31.0 Å². The lowest BCUT2D eigenvalue weighted by molar-refractivity contribution is -0.271. The summed E-state index contributed by atoms with van der Waals surface area (Å²) in [6, 6.07) is 4.63. The van der Waals surface area contributed by atoms with Crippen LogP contribution >= 0.6 is 0 Å². The third-order valence-electron chi connectivity index (χ3n) is 5.46. The number of alkyl halides is 2. The molecule has 1 aromatic carbocycles. The Balaban J connectivity index is 1.97. The van der Waals surface area contributed by atoms with Crippen LogP contribution in [0.2, 0.25) is 0 Å². The van der Waals surface area contributed by atoms with E-state index in [1.54, 1.807) is 0 Å². The molecule has 1 fully saturated rings. The summed E-state index contributed by atoms with van der Waals surface area (Å²) in [6.45, 7) is -1.75. The number of benzene rings is 1. The highest BCUT2D eigenvalue weighted by molar-refractivity contribution is 5.98. The molecule has 4 N–H and O–H groups in total. The molecule has 0 spiro atoms. The normalized spacial score (nSPS) is 20.8. The fraction of sp³-hybridized carbons (Fsp3) is 0.400. The Morgan fingerprint density at radius 1 is 1.36 bits per heavy atom. The number of anilines is 2. The molecule has 2 heterocycles. The summed E-state index contributed by atoms with van der Waals surface area (Å²) in [5.41, 5.74) is 5.72. The predicted molar refractivity (Wildman–Crippen MR) is 106 cm³/mol. The van der Waals surface area contributed by atoms with Crippen molar-refractivity contribution in [1.29, 1.82) is 5.26 Å². The summed E-state index contributed by atoms with van der Waals surface area (Å²) >= 11 is 0. The van der Waals surface area contributed by atoms with E-state index in [1.165, 1.54) is 35.1 Å². The van der Waals surface area contributed by atoms with Crippen molar-refractivity contribution >= 4 is 23.5 Å². The van der Waals surface area contributed by atoms with Crippen LogP contribution in [0.15, 0.2) is 30.5 Å². The Labute approximate surface area is 186 Å². The SMILES string of the molecule is N#C[C@H]1C(CC(F)(F)CO)N(C(=O)[O-])CC[C@H]1n1cc(C(N)=O)c(Nc2ccc(F)cc2)n1. The molecule has 2 amide bonds. The summed E-state index contributed by atoms with van der Waals surface area (Å²) in [5, 5.41) is 37.2. The first-order valence-corrected chi connectivity index (χ1v) is 9.83. The Kier molecular flexibility index (Phi) is 6.78. The number of carbonyl (C=O) groups excluding carboxylic acids is 2. The second-order valence-corrected chi connectivity index (χ2v) is 7.62. The number of aliphatic hydroxyl groups is 1. The molecular weight excluding hydrogens is 445 g/mol. The zero-order chi connectivity index (χ0) is 24.3. The molecule has 1 saturated heterocycles. The van der Waals surface area contributed by atoms with Crippen molar-refractivity contribution < 1.29 is 33.0 Å². The number of nitrogens with one attached hydrogen (secondary N) is 1. The average Bonchev–Trinajstić information content (AvgIpc) is 3.18. The van der Waals surface area contributed by atoms with Gasteiger partial charge in [0.05, 0.1) is 24.1 Å². The highest BCUT2D eigenvalue weighted by Gasteiger charge is 2.45. The van der Waals surface area contributed by atoms with E-state index in [1.807, 2.05) is 6.07 Å². The van der Waals surface area contributed by atoms with Gasteiger partial charge in [-0.2, -0.15) is 10.4 Å². The quantitative estimate of drug-likeness (QED) is 0.549. The van der Waals surface area contributed by atoms with Crippen molar-refractivity contribution in [3.05, 3.63) is 41.8 Å². The molecule has 1 aliphatic heterocycles. The number of nitrogens with zero attached hydrogens (tertiary/aromatic N) is 4. The van der Waals surface area contributed by atoms with E-state index < -0.39 is 54.8 Å². The topological polar surface area (TPSA) is 160 Å². The van der Waals surface area contributed by atoms with Gasteiger partial charge in [0.15, 0.2) is 5.82 Å². The summed E-state index contributed by atoms with van der Waals surface area (Å²) < 4.78 is 42.2. The maximum Gasteiger partial charge on any atom is 0.272 e. The molecule has 33 heavy (non-hydrogen) atoms. The van der Waals surface area contributed by atoms with Crippen LogP contribution in [0, 0.1) is 23.1 Å². The molecule has 3 atom stereocenters. The van der Waals surface area contributed by atoms with Crippen molar-refractivity contribution in [2.45, 2.75) is 30.8 Å². The van der Waals surface area contributed by atoms with Crippen molar-refractivity contribution in [3.63, 3.8) is 0 Å². The first kappa shape index (κ1) is 23.9. The summed E-state index contributed by atoms with van der Waals surface area (Å²) in [5.74, 6) is -6.29. The number of carbonyl (C=O) groups is 2. The molecule has 10 nitrogen and oxygen atoms in total. The van der Waals surface area contributed by atoms with Crippen LogP contribution < -0.4 is 16.2 Å². The average molecular weight is 465 g/mol. The molecular formula is C20H20F3N6O4-. The second-order valence-electron chi connectivity index (χ2n) is 7.62. The van der Waals surface area contributed by atoms with E-state index in [0.29, 0.717) is 10.6 Å². The fourth-order valence-electron chi connectivity index (χ4n) is 3.87. The third-order valence-corrected chi connectivity index (χ3v) is 5.46. The van der Waals surface area contributed by atoms with E-state index in [0.717, 1.165) is 0 Å². The minimum absolute atomic E-state index is 0.00892. The molecule has 2 aromatic rings. The van der Waals surface area contributed by atoms with Crippen LogP contribution in [0.1, 0.15) is 29.2 Å². The third kappa shape index (κ3) is 5.17. The molecule has 0 saturated carbocycles. The van der Waals surface area contributed by atoms with Crippen molar-refractivity contribution in [1.82, 2.24) is 14.7 Å². The number of rotatable bonds is 7. The molecule has 0 bridgehead atoms. The Morgan fingerprint density at radius 2 is 2.03 bits per heavy atom. The maximum absolute atomic E-state index is 13.9. The number of carboxylic acid groups (broad SMARTS) is 1. The number of halogens is 3. The fourth-order valence-corrected chi connectivity index (χ4v) is 3.87. The number of aromatic nitrogens is 2. The van der Waals surface area contributed by atoms with Crippen LogP contribution in [0.25, 0.3) is 0 Å².